The summed E-state index contributed by atoms with van der Waals surface area (Å²) in [5.41, 5.74) is 1.39. The van der Waals surface area contributed by atoms with Crippen molar-refractivity contribution in [3.8, 4) is 6.07 Å². The lowest BCUT2D eigenvalue weighted by Crippen LogP contribution is -1.93. The lowest BCUT2D eigenvalue weighted by Gasteiger charge is -2.02. The number of benzene rings is 1. The molecule has 14 heavy (non-hydrogen) atoms. The number of hydrogen-bond acceptors (Lipinski definition) is 2. The van der Waals surface area contributed by atoms with Gasteiger partial charge in [-0.3, -0.25) is 4.79 Å². The minimum Gasteiger partial charge on any atom is -0.276 e. The van der Waals surface area contributed by atoms with E-state index >= 15 is 0 Å². The predicted octanol–water partition coefficient (Wildman–Crippen LogP) is 3.28. The van der Waals surface area contributed by atoms with Crippen molar-refractivity contribution in [2.24, 2.45) is 0 Å². The molecule has 0 fully saturated rings. The van der Waals surface area contributed by atoms with Gasteiger partial charge in [-0.05, 0) is 41.8 Å². The Kier molecular flexibility index (Phi) is 4.12. The van der Waals surface area contributed by atoms with E-state index in [1.807, 2.05) is 0 Å². The average Bonchev–Trinajstić information content (AvgIpc) is 2.16. The molecule has 0 bridgehead atoms. The van der Waals surface area contributed by atoms with Crippen LogP contribution in [0.1, 0.15) is 22.3 Å². The van der Waals surface area contributed by atoms with Gasteiger partial charge in [0.25, 0.3) is 5.24 Å². The van der Waals surface area contributed by atoms with Crippen LogP contribution in [0.2, 0.25) is 0 Å². The van der Waals surface area contributed by atoms with E-state index in [2.05, 4.69) is 22.0 Å². The van der Waals surface area contributed by atoms with Crippen LogP contribution in [0.4, 0.5) is 0 Å². The molecule has 0 saturated carbocycles. The molecule has 0 N–H and O–H groups in total. The van der Waals surface area contributed by atoms with Crippen molar-refractivity contribution < 1.29 is 4.79 Å². The van der Waals surface area contributed by atoms with E-state index in [0.717, 1.165) is 10.0 Å². The minimum absolute atomic E-state index is 0.429. The van der Waals surface area contributed by atoms with Gasteiger partial charge in [0, 0.05) is 16.5 Å². The van der Waals surface area contributed by atoms with E-state index in [1.54, 1.807) is 18.2 Å². The van der Waals surface area contributed by atoms with Crippen LogP contribution in [0.15, 0.2) is 22.7 Å². The maximum atomic E-state index is 10.9. The lowest BCUT2D eigenvalue weighted by molar-refractivity contribution is 0.108. The largest absolute Gasteiger partial charge is 0.276 e. The molecule has 2 nitrogen and oxygen atoms in total. The molecule has 1 aromatic rings. The zero-order chi connectivity index (χ0) is 10.6. The van der Waals surface area contributed by atoms with Crippen LogP contribution in [0.25, 0.3) is 0 Å². The van der Waals surface area contributed by atoms with Crippen LogP contribution in [-0.4, -0.2) is 5.24 Å². The van der Waals surface area contributed by atoms with E-state index in [4.69, 9.17) is 16.9 Å². The maximum absolute atomic E-state index is 10.9. The number of nitrogens with zero attached hydrogens (tertiary/aromatic N) is 1. The van der Waals surface area contributed by atoms with E-state index in [9.17, 15) is 4.79 Å². The molecule has 0 aliphatic rings. The second-order valence-corrected chi connectivity index (χ2v) is 3.94. The Bertz CT molecular complexity index is 398. The maximum Gasteiger partial charge on any atom is 0.252 e. The van der Waals surface area contributed by atoms with Gasteiger partial charge >= 0.3 is 0 Å². The van der Waals surface area contributed by atoms with Crippen LogP contribution >= 0.6 is 27.5 Å². The van der Waals surface area contributed by atoms with E-state index in [1.165, 1.54) is 0 Å². The summed E-state index contributed by atoms with van der Waals surface area (Å²) in [6.45, 7) is 0. The lowest BCUT2D eigenvalue weighted by atomic mass is 10.1. The average molecular weight is 273 g/mol. The van der Waals surface area contributed by atoms with Crippen molar-refractivity contribution in [2.45, 2.75) is 12.8 Å². The zero-order valence-electron chi connectivity index (χ0n) is 7.26. The summed E-state index contributed by atoms with van der Waals surface area (Å²) in [6.07, 6.45) is 1.05. The Hall–Kier alpha value is -0.850. The Morgan fingerprint density at radius 2 is 2.29 bits per heavy atom. The molecule has 4 heteroatoms. The first-order chi connectivity index (χ1) is 6.65. The van der Waals surface area contributed by atoms with Gasteiger partial charge in [-0.25, -0.2) is 0 Å². The molecule has 72 valence electrons. The number of rotatable bonds is 3. The van der Waals surface area contributed by atoms with Gasteiger partial charge in [0.1, 0.15) is 0 Å². The molecular formula is C10H7BrClNO. The molecule has 0 saturated heterocycles. The summed E-state index contributed by atoms with van der Waals surface area (Å²) in [5, 5.41) is 7.96. The van der Waals surface area contributed by atoms with Crippen molar-refractivity contribution in [3.63, 3.8) is 0 Å². The molecule has 1 rings (SSSR count). The molecule has 0 spiro atoms. The molecule has 0 unspecified atom stereocenters. The normalized spacial score (nSPS) is 9.50. The number of carbonyl (C=O) groups excluding carboxylic acids is 1. The first kappa shape index (κ1) is 11.2. The third-order valence-electron chi connectivity index (χ3n) is 1.78. The Labute approximate surface area is 95.6 Å². The fourth-order valence-electron chi connectivity index (χ4n) is 1.08. The Morgan fingerprint density at radius 3 is 2.86 bits per heavy atom. The monoisotopic (exact) mass is 271 g/mol. The van der Waals surface area contributed by atoms with Crippen molar-refractivity contribution in [1.29, 1.82) is 5.26 Å². The van der Waals surface area contributed by atoms with Crippen molar-refractivity contribution in [1.82, 2.24) is 0 Å². The van der Waals surface area contributed by atoms with Crippen molar-refractivity contribution in [3.05, 3.63) is 33.8 Å². The summed E-state index contributed by atoms with van der Waals surface area (Å²) in [5.74, 6) is 0. The quantitative estimate of drug-likeness (QED) is 0.792. The van der Waals surface area contributed by atoms with Gasteiger partial charge in [-0.15, -0.1) is 0 Å². The van der Waals surface area contributed by atoms with Crippen LogP contribution in [-0.2, 0) is 6.42 Å². The molecule has 0 aliphatic carbocycles. The topological polar surface area (TPSA) is 40.9 Å². The predicted molar refractivity (Wildman–Crippen MR) is 58.3 cm³/mol. The van der Waals surface area contributed by atoms with Crippen LogP contribution in [0.5, 0.6) is 0 Å². The van der Waals surface area contributed by atoms with Gasteiger partial charge in [-0.1, -0.05) is 15.9 Å². The highest BCUT2D eigenvalue weighted by Gasteiger charge is 2.05. The number of nitriles is 1. The molecule has 0 heterocycles. The van der Waals surface area contributed by atoms with Gasteiger partial charge in [0.05, 0.1) is 6.07 Å². The number of halogens is 2. The molecular weight excluding hydrogens is 265 g/mol. The summed E-state index contributed by atoms with van der Waals surface area (Å²) in [7, 11) is 0. The van der Waals surface area contributed by atoms with Crippen LogP contribution in [0, 0.1) is 11.3 Å². The highest BCUT2D eigenvalue weighted by Crippen LogP contribution is 2.20. The second kappa shape index (κ2) is 5.14. The minimum atomic E-state index is -0.476. The van der Waals surface area contributed by atoms with Crippen LogP contribution < -0.4 is 0 Å². The third-order valence-corrected chi connectivity index (χ3v) is 2.77. The highest BCUT2D eigenvalue weighted by molar-refractivity contribution is 9.10. The molecule has 0 aromatic heterocycles. The summed E-state index contributed by atoms with van der Waals surface area (Å²) < 4.78 is 0.898. The molecule has 0 radical (unpaired) electrons. The van der Waals surface area contributed by atoms with Gasteiger partial charge in [-0.2, -0.15) is 5.26 Å². The molecule has 0 aliphatic heterocycles. The molecule has 0 amide bonds. The smallest absolute Gasteiger partial charge is 0.252 e. The highest BCUT2D eigenvalue weighted by atomic mass is 79.9. The van der Waals surface area contributed by atoms with Crippen LogP contribution in [0.3, 0.4) is 0 Å². The third kappa shape index (κ3) is 2.83. The van der Waals surface area contributed by atoms with E-state index in [-0.39, 0.29) is 0 Å². The van der Waals surface area contributed by atoms with Crippen molar-refractivity contribution >= 4 is 32.8 Å². The van der Waals surface area contributed by atoms with Gasteiger partial charge in [0.15, 0.2) is 0 Å². The molecule has 0 atom stereocenters. The second-order valence-electron chi connectivity index (χ2n) is 2.74. The SMILES string of the molecule is N#CCCc1cc(C(=O)Cl)ccc1Br. The summed E-state index contributed by atoms with van der Waals surface area (Å²) in [6, 6.07) is 7.17. The van der Waals surface area contributed by atoms with Crippen molar-refractivity contribution in [2.75, 3.05) is 0 Å². The standard InChI is InChI=1S/C10H7BrClNO/c11-9-4-3-8(10(12)14)6-7(9)2-1-5-13/h3-4,6H,1-2H2. The van der Waals surface area contributed by atoms with Gasteiger partial charge < -0.3 is 0 Å². The fourth-order valence-corrected chi connectivity index (χ4v) is 1.64. The number of hydrogen-bond donors (Lipinski definition) is 0. The number of carbonyl (C=O) groups is 1. The Balaban J connectivity index is 2.97. The zero-order valence-corrected chi connectivity index (χ0v) is 9.60. The summed E-state index contributed by atoms with van der Waals surface area (Å²) >= 11 is 8.69. The summed E-state index contributed by atoms with van der Waals surface area (Å²) in [4.78, 5) is 10.9. The first-order valence-electron chi connectivity index (χ1n) is 4.00. The van der Waals surface area contributed by atoms with Gasteiger partial charge in [0.2, 0.25) is 0 Å². The Morgan fingerprint density at radius 1 is 1.57 bits per heavy atom. The fraction of sp³-hybridized carbons (Fsp3) is 0.200. The van der Waals surface area contributed by atoms with E-state index < -0.39 is 5.24 Å². The van der Waals surface area contributed by atoms with E-state index in [0.29, 0.717) is 18.4 Å². The first-order valence-corrected chi connectivity index (χ1v) is 5.17. The molecule has 1 aromatic carbocycles. The number of aryl methyl sites for hydroxylation is 1.